The molecule has 0 bridgehead atoms. The number of imide groups is 2. The van der Waals surface area contributed by atoms with Crippen molar-refractivity contribution in [2.45, 2.75) is 76.9 Å². The summed E-state index contributed by atoms with van der Waals surface area (Å²) >= 11 is -1.39. The van der Waals surface area contributed by atoms with Crippen molar-refractivity contribution in [2.75, 3.05) is 44.1 Å². The van der Waals surface area contributed by atoms with Crippen molar-refractivity contribution in [3.8, 4) is 23.3 Å². The van der Waals surface area contributed by atoms with Crippen LogP contribution in [0.3, 0.4) is 0 Å². The molecule has 0 spiro atoms. The largest absolute Gasteiger partial charge is 0.616 e. The van der Waals surface area contributed by atoms with Gasteiger partial charge in [-0.05, 0) is 86.6 Å². The number of piperidine rings is 2. The fourth-order valence-corrected chi connectivity index (χ4v) is 9.28. The first-order valence-corrected chi connectivity index (χ1v) is 22.6. The Morgan fingerprint density at radius 3 is 2.40 bits per heavy atom. The number of carbonyl (C=O) groups excluding carboxylic acids is 7. The van der Waals surface area contributed by atoms with Crippen molar-refractivity contribution in [3.05, 3.63) is 88.0 Å². The van der Waals surface area contributed by atoms with Gasteiger partial charge in [-0.3, -0.25) is 43.8 Å². The van der Waals surface area contributed by atoms with Crippen molar-refractivity contribution in [1.82, 2.24) is 20.0 Å². The average molecular weight is 864 g/mol. The van der Waals surface area contributed by atoms with Crippen LogP contribution in [0, 0.1) is 17.8 Å². The number of unbranched alkanes of at least 4 members (excludes halogenated alkanes) is 1. The maximum Gasteiger partial charge on any atom is 0.264 e. The number of anilines is 1. The number of nitrogens with zero attached hydrogens (tertiary/aromatic N) is 3. The molecule has 15 nitrogen and oxygen atoms in total. The monoisotopic (exact) mass is 863 g/mol. The molecule has 16 heteroatoms. The van der Waals surface area contributed by atoms with E-state index in [9.17, 15) is 38.1 Å². The van der Waals surface area contributed by atoms with Gasteiger partial charge in [0.15, 0.2) is 11.5 Å². The molecular weight excluding hydrogens is 815 g/mol. The lowest BCUT2D eigenvalue weighted by Crippen LogP contribution is -2.52. The minimum Gasteiger partial charge on any atom is -0.616 e. The number of nitrogens with one attached hydrogen (secondary N) is 2. The van der Waals surface area contributed by atoms with Gasteiger partial charge in [0.1, 0.15) is 17.8 Å². The van der Waals surface area contributed by atoms with E-state index in [2.05, 4.69) is 22.5 Å². The van der Waals surface area contributed by atoms with Crippen LogP contribution in [-0.2, 0) is 36.9 Å². The van der Waals surface area contributed by atoms with Crippen molar-refractivity contribution < 1.29 is 47.6 Å². The van der Waals surface area contributed by atoms with Gasteiger partial charge >= 0.3 is 0 Å². The maximum absolute atomic E-state index is 14.0. The summed E-state index contributed by atoms with van der Waals surface area (Å²) in [5, 5.41) is 5.13. The fourth-order valence-electron chi connectivity index (χ4n) is 8.49. The molecule has 324 valence electrons. The van der Waals surface area contributed by atoms with Crippen LogP contribution in [0.1, 0.15) is 112 Å². The predicted molar refractivity (Wildman–Crippen MR) is 229 cm³/mol. The summed E-state index contributed by atoms with van der Waals surface area (Å²) in [5.74, 6) is 4.99. The Bertz CT molecular complexity index is 2360. The summed E-state index contributed by atoms with van der Waals surface area (Å²) in [6.07, 6.45) is 4.67. The van der Waals surface area contributed by atoms with E-state index in [-0.39, 0.29) is 84.3 Å². The Labute approximate surface area is 363 Å². The second-order valence-electron chi connectivity index (χ2n) is 15.7. The van der Waals surface area contributed by atoms with Gasteiger partial charge in [0.2, 0.25) is 23.6 Å². The van der Waals surface area contributed by atoms with Crippen LogP contribution in [0.25, 0.3) is 0 Å². The summed E-state index contributed by atoms with van der Waals surface area (Å²) in [7, 11) is 1.51. The Balaban J connectivity index is 0.888. The molecule has 2 saturated heterocycles. The van der Waals surface area contributed by atoms with Crippen LogP contribution >= 0.6 is 0 Å². The Morgan fingerprint density at radius 2 is 1.68 bits per heavy atom. The normalized spacial score (nSPS) is 18.4. The molecule has 3 aromatic carbocycles. The van der Waals surface area contributed by atoms with E-state index in [1.54, 1.807) is 42.5 Å². The first-order valence-electron chi connectivity index (χ1n) is 20.9. The number of rotatable bonds is 14. The zero-order valence-corrected chi connectivity index (χ0v) is 35.8. The number of benzene rings is 3. The topological polar surface area (TPSA) is 195 Å². The highest BCUT2D eigenvalue weighted by Gasteiger charge is 2.44. The van der Waals surface area contributed by atoms with Gasteiger partial charge in [-0.1, -0.05) is 41.2 Å². The fraction of sp³-hybridized carbons (Fsp3) is 0.413. The quantitative estimate of drug-likeness (QED) is 0.102. The molecule has 0 aromatic heterocycles. The lowest BCUT2D eigenvalue weighted by molar-refractivity contribution is -0.137. The molecule has 4 aliphatic rings. The molecule has 2 fully saturated rings. The number of hydrogen-bond donors (Lipinski definition) is 2. The Kier molecular flexibility index (Phi) is 13.6. The molecule has 4 heterocycles. The lowest BCUT2D eigenvalue weighted by atomic mass is 9.95. The predicted octanol–water partition coefficient (Wildman–Crippen LogP) is 4.36. The first kappa shape index (κ1) is 43.9. The third-order valence-corrected chi connectivity index (χ3v) is 12.5. The highest BCUT2D eigenvalue weighted by atomic mass is 32.2. The van der Waals surface area contributed by atoms with E-state index in [4.69, 9.17) is 9.47 Å². The smallest absolute Gasteiger partial charge is 0.264 e. The van der Waals surface area contributed by atoms with Crippen molar-refractivity contribution in [2.24, 2.45) is 5.92 Å². The third kappa shape index (κ3) is 9.34. The maximum atomic E-state index is 14.0. The number of ether oxygens (including phenoxy) is 2. The van der Waals surface area contributed by atoms with Crippen LogP contribution in [-0.4, -0.2) is 105 Å². The number of methoxy groups -OCH3 is 1. The average Bonchev–Trinajstić information content (AvgIpc) is 3.72. The lowest BCUT2D eigenvalue weighted by Gasteiger charge is -2.30. The van der Waals surface area contributed by atoms with Crippen molar-refractivity contribution >= 4 is 58.2 Å². The van der Waals surface area contributed by atoms with Crippen molar-refractivity contribution in [1.29, 1.82) is 0 Å². The van der Waals surface area contributed by atoms with Gasteiger partial charge in [-0.15, -0.1) is 0 Å². The Hall–Kier alpha value is -6.18. The van der Waals surface area contributed by atoms with Crippen LogP contribution in [0.5, 0.6) is 11.5 Å². The summed E-state index contributed by atoms with van der Waals surface area (Å²) < 4.78 is 23.7. The van der Waals surface area contributed by atoms with Crippen LogP contribution in [0.2, 0.25) is 0 Å². The molecular formula is C46H49N5O10S. The summed E-state index contributed by atoms with van der Waals surface area (Å²) in [6.45, 7) is 3.53. The number of carbonyl (C=O) groups is 7. The number of hydrogen-bond acceptors (Lipinski definition) is 10. The summed E-state index contributed by atoms with van der Waals surface area (Å²) in [5.41, 5.74) is 2.97. The van der Waals surface area contributed by atoms with E-state index in [0.29, 0.717) is 68.0 Å². The zero-order chi connectivity index (χ0) is 44.1. The SMILES string of the molecule is CCOc1cc([C@@H](C[S+](C)[O-])N2C(=O)c3cccc(NC(=O)CCCCC(=O)N4CCC(C#Cc5cccc6c5CN(C5CCC(=O)NC5=O)C6=O)CC4)c3C2=O)ccc1OC. The van der Waals surface area contributed by atoms with Gasteiger partial charge in [0.25, 0.3) is 17.7 Å². The van der Waals surface area contributed by atoms with E-state index in [0.717, 1.165) is 16.0 Å². The molecule has 3 atom stereocenters. The standard InChI is InChI=1S/C46H49N5O10S/c1-4-61-38-25-30(17-19-37(38)60-2)36(27-62(3)59)51-45(57)32-11-8-12-34(42(32)46(51)58)47-39(52)13-5-6-14-41(54)49-23-21-28(22-24-49)15-16-29-9-7-10-31-33(29)26-50(44(31)56)35-18-20-40(53)48-43(35)55/h7-12,17,19,25,28,35-36H,4-6,13-14,18,20-24,26-27H2,1-3H3,(H,47,52)(H,48,53,55)/t35?,36-,62?/m1/s1. The molecule has 7 amide bonds. The minimum atomic E-state index is -1.39. The van der Waals surface area contributed by atoms with Gasteiger partial charge in [0, 0.05) is 55.9 Å². The molecule has 62 heavy (non-hydrogen) atoms. The molecule has 2 unspecified atom stereocenters. The zero-order valence-electron chi connectivity index (χ0n) is 35.0. The highest BCUT2D eigenvalue weighted by molar-refractivity contribution is 7.90. The molecule has 0 radical (unpaired) electrons. The molecule has 0 aliphatic carbocycles. The molecule has 3 aromatic rings. The molecule has 7 rings (SSSR count). The highest BCUT2D eigenvalue weighted by Crippen LogP contribution is 2.39. The van der Waals surface area contributed by atoms with Crippen LogP contribution in [0.15, 0.2) is 54.6 Å². The van der Waals surface area contributed by atoms with Gasteiger partial charge in [0.05, 0.1) is 36.8 Å². The van der Waals surface area contributed by atoms with Gasteiger partial charge in [-0.2, -0.15) is 0 Å². The van der Waals surface area contributed by atoms with Gasteiger partial charge < -0.3 is 29.1 Å². The minimum absolute atomic E-state index is 0.00244. The number of fused-ring (bicyclic) bond motifs is 2. The second kappa shape index (κ2) is 19.3. The first-order chi connectivity index (χ1) is 29.9. The van der Waals surface area contributed by atoms with Crippen LogP contribution in [0.4, 0.5) is 5.69 Å². The van der Waals surface area contributed by atoms with Crippen molar-refractivity contribution in [3.63, 3.8) is 0 Å². The second-order valence-corrected chi connectivity index (χ2v) is 17.2. The van der Waals surface area contributed by atoms with E-state index < -0.39 is 41.0 Å². The third-order valence-electron chi connectivity index (χ3n) is 11.7. The van der Waals surface area contributed by atoms with E-state index >= 15 is 0 Å². The summed E-state index contributed by atoms with van der Waals surface area (Å²) in [6, 6.07) is 13.6. The van der Waals surface area contributed by atoms with Crippen LogP contribution < -0.4 is 20.1 Å². The molecule has 4 aliphatic heterocycles. The van der Waals surface area contributed by atoms with Gasteiger partial charge in [-0.25, -0.2) is 0 Å². The molecule has 0 saturated carbocycles. The number of amides is 7. The summed E-state index contributed by atoms with van der Waals surface area (Å²) in [4.78, 5) is 95.7. The molecule has 2 N–H and O–H groups in total. The van der Waals surface area contributed by atoms with E-state index in [1.165, 1.54) is 24.3 Å². The Morgan fingerprint density at radius 1 is 0.935 bits per heavy atom. The van der Waals surface area contributed by atoms with E-state index in [1.807, 2.05) is 17.9 Å². The number of likely N-dealkylation sites (tertiary alicyclic amines) is 1.